The zero-order chi connectivity index (χ0) is 12.8. The maximum absolute atomic E-state index is 5.43. The number of imidazole rings is 1. The van der Waals surface area contributed by atoms with Crippen LogP contribution in [0, 0.1) is 6.92 Å². The fourth-order valence-electron chi connectivity index (χ4n) is 2.71. The molecule has 0 amide bonds. The molecule has 0 saturated carbocycles. The molecule has 2 aliphatic rings. The first-order valence-electron chi connectivity index (χ1n) is 6.49. The van der Waals surface area contributed by atoms with Crippen LogP contribution in [0.1, 0.15) is 23.7 Å². The lowest BCUT2D eigenvalue weighted by molar-refractivity contribution is 0.174. The highest BCUT2D eigenvalue weighted by Crippen LogP contribution is 2.36. The summed E-state index contributed by atoms with van der Waals surface area (Å²) in [4.78, 5) is 4.50. The molecule has 4 rings (SSSR count). The van der Waals surface area contributed by atoms with Gasteiger partial charge in [0.05, 0.1) is 11.7 Å². The van der Waals surface area contributed by atoms with Gasteiger partial charge in [0.25, 0.3) is 0 Å². The second kappa shape index (κ2) is 3.91. The minimum Gasteiger partial charge on any atom is -0.454 e. The number of ether oxygens (including phenoxy) is 2. The lowest BCUT2D eigenvalue weighted by Gasteiger charge is -2.25. The number of aryl methyl sites for hydroxylation is 2. The van der Waals surface area contributed by atoms with E-state index in [1.54, 1.807) is 0 Å². The van der Waals surface area contributed by atoms with E-state index in [4.69, 9.17) is 9.47 Å². The largest absolute Gasteiger partial charge is 0.454 e. The molecule has 0 radical (unpaired) electrons. The smallest absolute Gasteiger partial charge is 0.231 e. The number of hydrogen-bond donors (Lipinski definition) is 1. The van der Waals surface area contributed by atoms with Gasteiger partial charge < -0.3 is 19.4 Å². The average Bonchev–Trinajstić information content (AvgIpc) is 3.01. The fourth-order valence-corrected chi connectivity index (χ4v) is 2.71. The summed E-state index contributed by atoms with van der Waals surface area (Å²) in [5.74, 6) is 2.62. The fraction of sp³-hybridized carbons (Fsp3) is 0.357. The molecule has 1 aromatic carbocycles. The van der Waals surface area contributed by atoms with Gasteiger partial charge in [-0.25, -0.2) is 4.98 Å². The molecule has 0 aliphatic carbocycles. The second-order valence-corrected chi connectivity index (χ2v) is 5.00. The van der Waals surface area contributed by atoms with Gasteiger partial charge in [-0.05, 0) is 31.0 Å². The van der Waals surface area contributed by atoms with Crippen LogP contribution in [0.3, 0.4) is 0 Å². The van der Waals surface area contributed by atoms with Crippen LogP contribution >= 0.6 is 0 Å². The van der Waals surface area contributed by atoms with Gasteiger partial charge in [0, 0.05) is 12.7 Å². The van der Waals surface area contributed by atoms with Crippen LogP contribution in [0.4, 0.5) is 5.95 Å². The number of anilines is 1. The van der Waals surface area contributed by atoms with Crippen molar-refractivity contribution in [3.63, 3.8) is 0 Å². The molecule has 5 nitrogen and oxygen atoms in total. The Balaban J connectivity index is 1.64. The molecule has 1 atom stereocenters. The Hall–Kier alpha value is -2.17. The van der Waals surface area contributed by atoms with Crippen molar-refractivity contribution in [2.24, 2.45) is 0 Å². The molecule has 0 fully saturated rings. The molecule has 0 saturated heterocycles. The summed E-state index contributed by atoms with van der Waals surface area (Å²) in [7, 11) is 0. The molecule has 1 unspecified atom stereocenters. The number of nitrogens with one attached hydrogen (secondary N) is 1. The Bertz CT molecular complexity index is 636. The van der Waals surface area contributed by atoms with E-state index in [0.29, 0.717) is 6.79 Å². The minimum atomic E-state index is 0.281. The van der Waals surface area contributed by atoms with Gasteiger partial charge in [-0.15, -0.1) is 0 Å². The highest BCUT2D eigenvalue weighted by Gasteiger charge is 2.22. The lowest BCUT2D eigenvalue weighted by Crippen LogP contribution is -2.21. The Morgan fingerprint density at radius 1 is 1.32 bits per heavy atom. The van der Waals surface area contributed by atoms with Gasteiger partial charge in [-0.3, -0.25) is 0 Å². The van der Waals surface area contributed by atoms with E-state index in [1.807, 2.05) is 13.0 Å². The molecule has 1 N–H and O–H groups in total. The molecule has 0 spiro atoms. The number of rotatable bonds is 1. The van der Waals surface area contributed by atoms with E-state index < -0.39 is 0 Å². The molecular formula is C14H15N3O2. The maximum Gasteiger partial charge on any atom is 0.231 e. The normalized spacial score (nSPS) is 19.9. The first-order chi connectivity index (χ1) is 9.29. The van der Waals surface area contributed by atoms with Crippen molar-refractivity contribution >= 4 is 5.95 Å². The summed E-state index contributed by atoms with van der Waals surface area (Å²) in [5.41, 5.74) is 2.27. The van der Waals surface area contributed by atoms with Crippen LogP contribution in [0.15, 0.2) is 24.4 Å². The summed E-state index contributed by atoms with van der Waals surface area (Å²) in [6, 6.07) is 6.41. The van der Waals surface area contributed by atoms with E-state index >= 15 is 0 Å². The first kappa shape index (κ1) is 10.7. The highest BCUT2D eigenvalue weighted by atomic mass is 16.7. The number of benzene rings is 1. The van der Waals surface area contributed by atoms with Crippen LogP contribution in [0.25, 0.3) is 0 Å². The third kappa shape index (κ3) is 1.73. The number of nitrogens with zero attached hydrogens (tertiary/aromatic N) is 2. The van der Waals surface area contributed by atoms with Crippen molar-refractivity contribution in [1.29, 1.82) is 0 Å². The van der Waals surface area contributed by atoms with Gasteiger partial charge in [0.2, 0.25) is 12.7 Å². The van der Waals surface area contributed by atoms with Crippen LogP contribution in [-0.4, -0.2) is 16.3 Å². The van der Waals surface area contributed by atoms with Gasteiger partial charge in [0.15, 0.2) is 11.5 Å². The van der Waals surface area contributed by atoms with Crippen molar-refractivity contribution in [3.05, 3.63) is 35.7 Å². The second-order valence-electron chi connectivity index (χ2n) is 5.00. The van der Waals surface area contributed by atoms with Gasteiger partial charge in [-0.1, -0.05) is 6.07 Å². The lowest BCUT2D eigenvalue weighted by atomic mass is 10.0. The predicted octanol–water partition coefficient (Wildman–Crippen LogP) is 2.48. The molecule has 2 aliphatic heterocycles. The van der Waals surface area contributed by atoms with Crippen molar-refractivity contribution in [3.8, 4) is 11.5 Å². The molecule has 2 aromatic rings. The zero-order valence-corrected chi connectivity index (χ0v) is 10.7. The molecule has 5 heteroatoms. The molecule has 98 valence electrons. The Labute approximate surface area is 111 Å². The highest BCUT2D eigenvalue weighted by molar-refractivity contribution is 5.47. The molecule has 1 aromatic heterocycles. The minimum absolute atomic E-state index is 0.281. The van der Waals surface area contributed by atoms with Crippen molar-refractivity contribution in [2.75, 3.05) is 12.1 Å². The van der Waals surface area contributed by atoms with E-state index in [2.05, 4.69) is 33.2 Å². The molecule has 3 heterocycles. The number of aromatic nitrogens is 2. The van der Waals surface area contributed by atoms with Gasteiger partial charge in [0.1, 0.15) is 0 Å². The molecule has 0 bridgehead atoms. The molecule has 19 heavy (non-hydrogen) atoms. The van der Waals surface area contributed by atoms with Crippen molar-refractivity contribution in [2.45, 2.75) is 25.9 Å². The Kier molecular flexibility index (Phi) is 2.21. The van der Waals surface area contributed by atoms with E-state index in [0.717, 1.165) is 36.1 Å². The van der Waals surface area contributed by atoms with E-state index in [-0.39, 0.29) is 6.04 Å². The predicted molar refractivity (Wildman–Crippen MR) is 70.5 cm³/mol. The Morgan fingerprint density at radius 2 is 2.21 bits per heavy atom. The maximum atomic E-state index is 5.43. The first-order valence-corrected chi connectivity index (χ1v) is 6.49. The van der Waals surface area contributed by atoms with Gasteiger partial charge in [-0.2, -0.15) is 0 Å². The quantitative estimate of drug-likeness (QED) is 0.852. The van der Waals surface area contributed by atoms with E-state index in [9.17, 15) is 0 Å². The van der Waals surface area contributed by atoms with Crippen molar-refractivity contribution < 1.29 is 9.47 Å². The summed E-state index contributed by atoms with van der Waals surface area (Å²) in [6.45, 7) is 3.32. The number of hydrogen-bond acceptors (Lipinski definition) is 4. The Morgan fingerprint density at radius 3 is 3.16 bits per heavy atom. The molecular weight excluding hydrogens is 242 g/mol. The third-order valence-corrected chi connectivity index (χ3v) is 3.66. The van der Waals surface area contributed by atoms with Crippen LogP contribution in [0.5, 0.6) is 11.5 Å². The summed E-state index contributed by atoms with van der Waals surface area (Å²) >= 11 is 0. The monoisotopic (exact) mass is 257 g/mol. The topological polar surface area (TPSA) is 48.3 Å². The van der Waals surface area contributed by atoms with E-state index in [1.165, 1.54) is 5.56 Å². The average molecular weight is 257 g/mol. The van der Waals surface area contributed by atoms with Crippen molar-refractivity contribution in [1.82, 2.24) is 9.55 Å². The van der Waals surface area contributed by atoms with Gasteiger partial charge >= 0.3 is 0 Å². The standard InChI is InChI=1S/C14H15N3O2/c1-9-7-17-5-4-11(16-14(17)15-9)10-2-3-12-13(6-10)19-8-18-12/h2-3,6-7,11H,4-5,8H2,1H3,(H,15,16). The van der Waals surface area contributed by atoms with Crippen LogP contribution < -0.4 is 14.8 Å². The zero-order valence-electron chi connectivity index (χ0n) is 10.7. The van der Waals surface area contributed by atoms with Crippen LogP contribution in [0.2, 0.25) is 0 Å². The SMILES string of the molecule is Cc1cn2c(n1)NC(c1ccc3c(c1)OCO3)CC2. The summed E-state index contributed by atoms with van der Waals surface area (Å²) in [6.07, 6.45) is 3.13. The summed E-state index contributed by atoms with van der Waals surface area (Å²) in [5, 5.41) is 3.48. The summed E-state index contributed by atoms with van der Waals surface area (Å²) < 4.78 is 12.9. The number of fused-ring (bicyclic) bond motifs is 2. The van der Waals surface area contributed by atoms with Crippen LogP contribution in [-0.2, 0) is 6.54 Å². The third-order valence-electron chi connectivity index (χ3n) is 3.66.